The van der Waals surface area contributed by atoms with Crippen LogP contribution in [-0.4, -0.2) is 0 Å². The quantitative estimate of drug-likeness (QED) is 0.211. The molecule has 0 aliphatic heterocycles. The molecule has 1 saturated carbocycles. The van der Waals surface area contributed by atoms with E-state index in [1.807, 2.05) is 24.3 Å². The third kappa shape index (κ3) is 7.33. The number of allylic oxidation sites excluding steroid dienone is 2. The predicted octanol–water partition coefficient (Wildman–Crippen LogP) is 9.82. The van der Waals surface area contributed by atoms with Crippen molar-refractivity contribution in [3.8, 4) is 11.8 Å². The van der Waals surface area contributed by atoms with Gasteiger partial charge in [0.2, 0.25) is 0 Å². The summed E-state index contributed by atoms with van der Waals surface area (Å²) in [5, 5.41) is 1.61. The Balaban J connectivity index is 1.30. The maximum absolute atomic E-state index is 15.1. The monoisotopic (exact) mass is 480 g/mol. The standard InChI is InChI=1S/C35H41F/c1-3-5-7-9-27-10-12-28(13-11-27)14-15-29-16-18-30(19-17-29)20-22-32-23-24-33-26-31(8-6-4-2)21-25-34(33)35(32)36/h3,5,16-19,21,23-28H,4,6-15H2,1-2H3/b5-3+. The second kappa shape index (κ2) is 13.5. The third-order valence-electron chi connectivity index (χ3n) is 7.92. The number of benzene rings is 3. The van der Waals surface area contributed by atoms with Crippen LogP contribution in [0.4, 0.5) is 4.39 Å². The summed E-state index contributed by atoms with van der Waals surface area (Å²) in [5.74, 6) is 7.84. The predicted molar refractivity (Wildman–Crippen MR) is 153 cm³/mol. The summed E-state index contributed by atoms with van der Waals surface area (Å²) >= 11 is 0. The molecule has 1 fully saturated rings. The number of hydrogen-bond donors (Lipinski definition) is 0. The highest BCUT2D eigenvalue weighted by molar-refractivity contribution is 5.85. The fraction of sp³-hybridized carbons (Fsp3) is 0.429. The van der Waals surface area contributed by atoms with E-state index in [1.165, 1.54) is 62.5 Å². The molecule has 0 spiro atoms. The molecule has 0 radical (unpaired) electrons. The average molecular weight is 481 g/mol. The zero-order valence-corrected chi connectivity index (χ0v) is 22.2. The number of unbranched alkanes of at least 4 members (excludes halogenated alkanes) is 1. The number of hydrogen-bond acceptors (Lipinski definition) is 0. The largest absolute Gasteiger partial charge is 0.205 e. The molecule has 0 atom stereocenters. The molecule has 0 heterocycles. The fourth-order valence-corrected chi connectivity index (χ4v) is 5.55. The van der Waals surface area contributed by atoms with Crippen LogP contribution < -0.4 is 0 Å². The summed E-state index contributed by atoms with van der Waals surface area (Å²) in [6.45, 7) is 4.31. The van der Waals surface area contributed by atoms with Crippen molar-refractivity contribution in [2.24, 2.45) is 11.8 Å². The minimum atomic E-state index is -0.213. The SMILES string of the molecule is C/C=C/CCC1CCC(CCc2ccc(C#Cc3ccc4cc(CCCC)ccc4c3F)cc2)CC1. The molecule has 3 aromatic carbocycles. The van der Waals surface area contributed by atoms with Crippen LogP contribution in [0.1, 0.15) is 93.9 Å². The molecule has 1 aliphatic rings. The maximum atomic E-state index is 15.1. The highest BCUT2D eigenvalue weighted by Crippen LogP contribution is 2.34. The van der Waals surface area contributed by atoms with E-state index >= 15 is 4.39 Å². The number of halogens is 1. The second-order valence-electron chi connectivity index (χ2n) is 10.6. The van der Waals surface area contributed by atoms with Crippen molar-refractivity contribution in [1.29, 1.82) is 0 Å². The van der Waals surface area contributed by atoms with Gasteiger partial charge in [0.05, 0.1) is 5.56 Å². The molecule has 0 aromatic heterocycles. The van der Waals surface area contributed by atoms with E-state index in [9.17, 15) is 0 Å². The van der Waals surface area contributed by atoms with Gasteiger partial charge in [-0.25, -0.2) is 4.39 Å². The smallest absolute Gasteiger partial charge is 0.146 e. The van der Waals surface area contributed by atoms with Gasteiger partial charge in [0.15, 0.2) is 0 Å². The van der Waals surface area contributed by atoms with Crippen molar-refractivity contribution in [3.63, 3.8) is 0 Å². The van der Waals surface area contributed by atoms with Gasteiger partial charge >= 0.3 is 0 Å². The van der Waals surface area contributed by atoms with E-state index in [0.717, 1.165) is 42.0 Å². The van der Waals surface area contributed by atoms with Crippen molar-refractivity contribution in [1.82, 2.24) is 0 Å². The Kier molecular flexibility index (Phi) is 9.80. The molecular formula is C35H41F. The lowest BCUT2D eigenvalue weighted by molar-refractivity contribution is 0.254. The molecule has 0 unspecified atom stereocenters. The van der Waals surface area contributed by atoms with Crippen LogP contribution in [0, 0.1) is 29.5 Å². The van der Waals surface area contributed by atoms with E-state index in [2.05, 4.69) is 68.2 Å². The second-order valence-corrected chi connectivity index (χ2v) is 10.6. The summed E-state index contributed by atoms with van der Waals surface area (Å²) in [6.07, 6.45) is 18.5. The van der Waals surface area contributed by atoms with Gasteiger partial charge in [-0.2, -0.15) is 0 Å². The van der Waals surface area contributed by atoms with Crippen LogP contribution in [0.5, 0.6) is 0 Å². The highest BCUT2D eigenvalue weighted by Gasteiger charge is 2.20. The van der Waals surface area contributed by atoms with Crippen molar-refractivity contribution >= 4 is 10.8 Å². The molecule has 3 aromatic rings. The van der Waals surface area contributed by atoms with E-state index < -0.39 is 0 Å². The van der Waals surface area contributed by atoms with Crippen LogP contribution in [0.25, 0.3) is 10.8 Å². The Morgan fingerprint density at radius 1 is 0.833 bits per heavy atom. The Bertz CT molecular complexity index is 1200. The molecule has 0 saturated heterocycles. The number of fused-ring (bicyclic) bond motifs is 1. The summed E-state index contributed by atoms with van der Waals surface area (Å²) in [6, 6.07) is 18.4. The maximum Gasteiger partial charge on any atom is 0.146 e. The Hall–Kier alpha value is -2.85. The van der Waals surface area contributed by atoms with Crippen LogP contribution in [0.3, 0.4) is 0 Å². The van der Waals surface area contributed by atoms with Gasteiger partial charge < -0.3 is 0 Å². The zero-order valence-electron chi connectivity index (χ0n) is 22.2. The minimum Gasteiger partial charge on any atom is -0.205 e. The lowest BCUT2D eigenvalue weighted by Gasteiger charge is -2.28. The van der Waals surface area contributed by atoms with Gasteiger partial charge in [0.25, 0.3) is 0 Å². The number of rotatable bonds is 9. The van der Waals surface area contributed by atoms with Gasteiger partial charge in [0, 0.05) is 10.9 Å². The topological polar surface area (TPSA) is 0 Å². The van der Waals surface area contributed by atoms with Crippen LogP contribution in [0.15, 0.2) is 66.7 Å². The molecule has 188 valence electrons. The first-order valence-electron chi connectivity index (χ1n) is 14.1. The number of aryl methyl sites for hydroxylation is 2. The van der Waals surface area contributed by atoms with Crippen molar-refractivity contribution < 1.29 is 4.39 Å². The molecule has 0 N–H and O–H groups in total. The van der Waals surface area contributed by atoms with Crippen molar-refractivity contribution in [2.75, 3.05) is 0 Å². The molecular weight excluding hydrogens is 439 g/mol. The van der Waals surface area contributed by atoms with Gasteiger partial charge in [-0.3, -0.25) is 0 Å². The lowest BCUT2D eigenvalue weighted by atomic mass is 9.78. The minimum absolute atomic E-state index is 0.213. The van der Waals surface area contributed by atoms with E-state index in [4.69, 9.17) is 0 Å². The lowest BCUT2D eigenvalue weighted by Crippen LogP contribution is -2.15. The van der Waals surface area contributed by atoms with E-state index in [-0.39, 0.29) is 5.82 Å². The van der Waals surface area contributed by atoms with Crippen LogP contribution in [0.2, 0.25) is 0 Å². The highest BCUT2D eigenvalue weighted by atomic mass is 19.1. The van der Waals surface area contributed by atoms with Gasteiger partial charge in [-0.1, -0.05) is 99.4 Å². The Morgan fingerprint density at radius 3 is 2.28 bits per heavy atom. The molecule has 0 amide bonds. The first-order valence-corrected chi connectivity index (χ1v) is 14.1. The van der Waals surface area contributed by atoms with Gasteiger partial charge in [-0.05, 0) is 92.0 Å². The Morgan fingerprint density at radius 2 is 1.56 bits per heavy atom. The normalized spacial score (nSPS) is 17.9. The van der Waals surface area contributed by atoms with Gasteiger partial charge in [-0.15, -0.1) is 0 Å². The van der Waals surface area contributed by atoms with E-state index in [1.54, 1.807) is 0 Å². The molecule has 4 rings (SSSR count). The first kappa shape index (κ1) is 26.2. The summed E-state index contributed by atoms with van der Waals surface area (Å²) in [5.41, 5.74) is 4.06. The zero-order chi connectivity index (χ0) is 25.2. The van der Waals surface area contributed by atoms with Crippen molar-refractivity contribution in [2.45, 2.75) is 84.5 Å². The summed E-state index contributed by atoms with van der Waals surface area (Å²) in [7, 11) is 0. The average Bonchev–Trinajstić information content (AvgIpc) is 2.92. The summed E-state index contributed by atoms with van der Waals surface area (Å²) < 4.78 is 15.1. The molecule has 0 nitrogen and oxygen atoms in total. The molecule has 36 heavy (non-hydrogen) atoms. The van der Waals surface area contributed by atoms with Crippen LogP contribution in [-0.2, 0) is 12.8 Å². The van der Waals surface area contributed by atoms with E-state index in [0.29, 0.717) is 10.9 Å². The van der Waals surface area contributed by atoms with Gasteiger partial charge in [0.1, 0.15) is 5.82 Å². The summed E-state index contributed by atoms with van der Waals surface area (Å²) in [4.78, 5) is 0. The Labute approximate surface area is 218 Å². The third-order valence-corrected chi connectivity index (χ3v) is 7.92. The van der Waals surface area contributed by atoms with Crippen LogP contribution >= 0.6 is 0 Å². The molecule has 1 heteroatoms. The first-order chi connectivity index (χ1) is 17.7. The van der Waals surface area contributed by atoms with Crippen molar-refractivity contribution in [3.05, 3.63) is 94.8 Å². The molecule has 1 aliphatic carbocycles. The molecule has 0 bridgehead atoms. The fourth-order valence-electron chi connectivity index (χ4n) is 5.55.